The van der Waals surface area contributed by atoms with Gasteiger partial charge in [-0.25, -0.2) is 0 Å². The second-order valence-electron chi connectivity index (χ2n) is 13.7. The first-order valence-electron chi connectivity index (χ1n) is 13.5. The van der Waals surface area contributed by atoms with E-state index in [1.54, 1.807) is 3.58 Å². The molecule has 0 bridgehead atoms. The third-order valence-corrected chi connectivity index (χ3v) is 13.5. The second kappa shape index (κ2) is 8.38. The average molecular weight is 553 g/mol. The van der Waals surface area contributed by atoms with Crippen LogP contribution in [0, 0.1) is 39.4 Å². The molecule has 0 aromatic rings. The van der Waals surface area contributed by atoms with Crippen molar-refractivity contribution in [3.63, 3.8) is 0 Å². The third kappa shape index (κ3) is 3.54. The Labute approximate surface area is 212 Å². The quantitative estimate of drug-likeness (QED) is 0.272. The van der Waals surface area contributed by atoms with Crippen molar-refractivity contribution in [3.05, 3.63) is 20.3 Å². The molecule has 0 spiro atoms. The maximum Gasteiger partial charge on any atom is 0.0594 e. The molecule has 0 heterocycles. The van der Waals surface area contributed by atoms with E-state index in [4.69, 9.17) is 0 Å². The minimum Gasteiger partial charge on any atom is -0.393 e. The van der Waals surface area contributed by atoms with Gasteiger partial charge in [0, 0.05) is 0 Å². The average Bonchev–Trinajstić information content (AvgIpc) is 3.00. The summed E-state index contributed by atoms with van der Waals surface area (Å²) in [5, 5.41) is 10.8. The number of hydrogen-bond acceptors (Lipinski definition) is 1. The van der Waals surface area contributed by atoms with Crippen LogP contribution in [-0.2, 0) is 0 Å². The molecule has 0 aromatic heterocycles. The molecule has 0 aromatic carbocycles. The lowest BCUT2D eigenvalue weighted by atomic mass is 9.43. The number of aliphatic hydroxyl groups is 1. The Morgan fingerprint density at radius 1 is 0.969 bits per heavy atom. The fourth-order valence-corrected chi connectivity index (χ4v) is 9.75. The van der Waals surface area contributed by atoms with Crippen LogP contribution in [0.4, 0.5) is 0 Å². The molecule has 0 unspecified atom stereocenters. The smallest absolute Gasteiger partial charge is 0.0594 e. The fourth-order valence-electron chi connectivity index (χ4n) is 9.43. The van der Waals surface area contributed by atoms with E-state index in [9.17, 15) is 5.11 Å². The van der Waals surface area contributed by atoms with Crippen molar-refractivity contribution in [2.24, 2.45) is 39.4 Å². The molecule has 182 valence electrons. The van der Waals surface area contributed by atoms with Crippen LogP contribution in [0.2, 0.25) is 0 Å². The van der Waals surface area contributed by atoms with Gasteiger partial charge in [-0.15, -0.1) is 0 Å². The Bertz CT molecular complexity index is 817. The van der Waals surface area contributed by atoms with E-state index in [1.165, 1.54) is 63.4 Å². The van der Waals surface area contributed by atoms with Gasteiger partial charge in [0.1, 0.15) is 0 Å². The highest BCUT2D eigenvalue weighted by Crippen LogP contribution is 2.72. The van der Waals surface area contributed by atoms with E-state index in [0.717, 1.165) is 18.3 Å². The van der Waals surface area contributed by atoms with Crippen molar-refractivity contribution in [1.29, 1.82) is 0 Å². The van der Waals surface area contributed by atoms with E-state index in [0.29, 0.717) is 22.2 Å². The van der Waals surface area contributed by atoms with Crippen LogP contribution in [0.1, 0.15) is 120 Å². The molecule has 4 aliphatic rings. The molecule has 0 amide bonds. The Morgan fingerprint density at radius 3 is 2.31 bits per heavy atom. The SMILES string of the molecule is CC(C)=C(I)CC[C@@H](C)[C@H]1CC[C@@]2(C)C3=C(CC[C@]12C)[C@@]1(C)CC[C@H](O)C(C)(C)[C@@H]1CC3. The van der Waals surface area contributed by atoms with Crippen LogP contribution in [-0.4, -0.2) is 11.2 Å². The highest BCUT2D eigenvalue weighted by Gasteiger charge is 2.63. The molecular formula is C30H49IO. The monoisotopic (exact) mass is 552 g/mol. The minimum absolute atomic E-state index is 0.0436. The van der Waals surface area contributed by atoms with Crippen molar-refractivity contribution < 1.29 is 5.11 Å². The normalized spacial score (nSPS) is 43.9. The first kappa shape index (κ1) is 25.3. The van der Waals surface area contributed by atoms with Crippen molar-refractivity contribution in [2.75, 3.05) is 0 Å². The minimum atomic E-state index is -0.132. The topological polar surface area (TPSA) is 20.2 Å². The predicted molar refractivity (Wildman–Crippen MR) is 146 cm³/mol. The number of aliphatic hydroxyl groups excluding tert-OH is 1. The van der Waals surface area contributed by atoms with Gasteiger partial charge in [0.25, 0.3) is 0 Å². The van der Waals surface area contributed by atoms with Crippen LogP contribution >= 0.6 is 22.6 Å². The fraction of sp³-hybridized carbons (Fsp3) is 0.867. The lowest BCUT2D eigenvalue weighted by molar-refractivity contribution is -0.0962. The summed E-state index contributed by atoms with van der Waals surface area (Å²) in [5.74, 6) is 2.30. The second-order valence-corrected chi connectivity index (χ2v) is 15.0. The largest absolute Gasteiger partial charge is 0.393 e. The summed E-state index contributed by atoms with van der Waals surface area (Å²) >= 11 is 2.57. The molecule has 4 rings (SSSR count). The number of allylic oxidation sites excluding steroid dienone is 4. The molecule has 7 atom stereocenters. The number of hydrogen-bond donors (Lipinski definition) is 1. The van der Waals surface area contributed by atoms with Gasteiger partial charge < -0.3 is 5.11 Å². The van der Waals surface area contributed by atoms with Gasteiger partial charge in [0.05, 0.1) is 6.10 Å². The van der Waals surface area contributed by atoms with E-state index in [2.05, 4.69) is 78.0 Å². The van der Waals surface area contributed by atoms with Crippen LogP contribution in [0.25, 0.3) is 0 Å². The molecule has 2 fully saturated rings. The standard InChI is InChI=1S/C30H49IO/c1-19(2)24(31)11-9-20(3)21-13-17-30(8)23-10-12-25-27(4,5)26(32)15-16-28(25,6)22(23)14-18-29(21,30)7/h20-21,25-26,32H,9-18H2,1-8H3/t20-,21-,25+,26+,28-,29-,30+/m1/s1. The van der Waals surface area contributed by atoms with Crippen molar-refractivity contribution in [2.45, 2.75) is 126 Å². The lowest BCUT2D eigenvalue weighted by Crippen LogP contribution is -2.55. The Kier molecular flexibility index (Phi) is 6.62. The first-order chi connectivity index (χ1) is 14.8. The Balaban J connectivity index is 1.64. The van der Waals surface area contributed by atoms with Crippen LogP contribution in [0.5, 0.6) is 0 Å². The molecule has 0 saturated heterocycles. The zero-order valence-corrected chi connectivity index (χ0v) is 24.4. The van der Waals surface area contributed by atoms with E-state index < -0.39 is 0 Å². The molecule has 0 radical (unpaired) electrons. The summed E-state index contributed by atoms with van der Waals surface area (Å²) in [7, 11) is 0. The summed E-state index contributed by atoms with van der Waals surface area (Å²) in [5.41, 5.74) is 6.42. The van der Waals surface area contributed by atoms with E-state index >= 15 is 0 Å². The molecule has 2 saturated carbocycles. The van der Waals surface area contributed by atoms with Gasteiger partial charge in [-0.1, -0.05) is 58.3 Å². The molecule has 1 N–H and O–H groups in total. The maximum atomic E-state index is 10.8. The summed E-state index contributed by atoms with van der Waals surface area (Å²) in [4.78, 5) is 0. The van der Waals surface area contributed by atoms with Gasteiger partial charge >= 0.3 is 0 Å². The third-order valence-electron chi connectivity index (χ3n) is 11.8. The van der Waals surface area contributed by atoms with Gasteiger partial charge in [0.2, 0.25) is 0 Å². The molecule has 0 aliphatic heterocycles. The van der Waals surface area contributed by atoms with Crippen molar-refractivity contribution in [1.82, 2.24) is 0 Å². The lowest BCUT2D eigenvalue weighted by Gasteiger charge is -2.62. The molecular weight excluding hydrogens is 503 g/mol. The number of halogens is 1. The van der Waals surface area contributed by atoms with Crippen LogP contribution < -0.4 is 0 Å². The number of fused-ring (bicyclic) bond motifs is 4. The summed E-state index contributed by atoms with van der Waals surface area (Å²) < 4.78 is 1.57. The number of rotatable bonds is 4. The predicted octanol–water partition coefficient (Wildman–Crippen LogP) is 9.24. The maximum absolute atomic E-state index is 10.8. The van der Waals surface area contributed by atoms with Crippen molar-refractivity contribution >= 4 is 22.6 Å². The highest BCUT2D eigenvalue weighted by molar-refractivity contribution is 14.1. The molecule has 4 aliphatic carbocycles. The van der Waals surface area contributed by atoms with Gasteiger partial charge in [-0.3, -0.25) is 0 Å². The Hall–Kier alpha value is 0.170. The molecule has 2 heteroatoms. The first-order valence-corrected chi connectivity index (χ1v) is 14.6. The van der Waals surface area contributed by atoms with Gasteiger partial charge in [-0.2, -0.15) is 0 Å². The van der Waals surface area contributed by atoms with E-state index in [-0.39, 0.29) is 11.5 Å². The Morgan fingerprint density at radius 2 is 1.66 bits per heavy atom. The summed E-state index contributed by atoms with van der Waals surface area (Å²) in [6.45, 7) is 19.7. The molecule has 32 heavy (non-hydrogen) atoms. The molecule has 1 nitrogen and oxygen atoms in total. The zero-order chi connectivity index (χ0) is 23.7. The zero-order valence-electron chi connectivity index (χ0n) is 22.2. The van der Waals surface area contributed by atoms with Crippen LogP contribution in [0.15, 0.2) is 20.3 Å². The van der Waals surface area contributed by atoms with Gasteiger partial charge in [-0.05, 0) is 144 Å². The van der Waals surface area contributed by atoms with Gasteiger partial charge in [0.15, 0.2) is 0 Å². The van der Waals surface area contributed by atoms with Crippen molar-refractivity contribution in [3.8, 4) is 0 Å². The summed E-state index contributed by atoms with van der Waals surface area (Å²) in [6, 6.07) is 0. The highest BCUT2D eigenvalue weighted by atomic mass is 127. The van der Waals surface area contributed by atoms with Crippen LogP contribution in [0.3, 0.4) is 0 Å². The van der Waals surface area contributed by atoms with E-state index in [1.807, 2.05) is 11.1 Å². The summed E-state index contributed by atoms with van der Waals surface area (Å²) in [6.07, 6.45) is 12.7.